The van der Waals surface area contributed by atoms with E-state index in [4.69, 9.17) is 9.44 Å². The molecule has 0 atom stereocenters. The zero-order valence-electron chi connectivity index (χ0n) is 8.67. The molecule has 0 aliphatic heterocycles. The van der Waals surface area contributed by atoms with Gasteiger partial charge in [0.25, 0.3) is 0 Å². The number of halogens is 1. The molecule has 0 bridgehead atoms. The van der Waals surface area contributed by atoms with Crippen molar-refractivity contribution in [2.45, 2.75) is 6.61 Å². The molecule has 17 heavy (non-hydrogen) atoms. The van der Waals surface area contributed by atoms with Gasteiger partial charge < -0.3 is 9.29 Å². The summed E-state index contributed by atoms with van der Waals surface area (Å²) in [6.07, 6.45) is 0. The Bertz CT molecular complexity index is 472. The van der Waals surface area contributed by atoms with Crippen molar-refractivity contribution in [1.82, 2.24) is 0 Å². The monoisotopic (exact) mass is 374 g/mol. The Morgan fingerprint density at radius 1 is 1.35 bits per heavy atom. The molecule has 1 aromatic rings. The predicted octanol–water partition coefficient (Wildman–Crippen LogP) is 1.53. The molecule has 0 unspecified atom stereocenters. The fourth-order valence-corrected chi connectivity index (χ4v) is 3.38. The largest absolute Gasteiger partial charge is 0.504 e. The number of aromatic hydroxyl groups is 1. The van der Waals surface area contributed by atoms with Gasteiger partial charge in [-0.1, -0.05) is 28.7 Å². The van der Waals surface area contributed by atoms with Gasteiger partial charge >= 0.3 is 10.1 Å². The lowest BCUT2D eigenvalue weighted by atomic mass is 10.2. The van der Waals surface area contributed by atoms with Crippen LogP contribution in [0, 0.1) is 0 Å². The van der Waals surface area contributed by atoms with Crippen LogP contribution in [0.5, 0.6) is 11.5 Å². The van der Waals surface area contributed by atoms with Crippen LogP contribution in [0.15, 0.2) is 18.2 Å². The first-order valence-corrected chi connectivity index (χ1v) is 7.65. The van der Waals surface area contributed by atoms with Gasteiger partial charge in [-0.3, -0.25) is 5.26 Å². The lowest BCUT2D eigenvalue weighted by molar-refractivity contribution is -0.253. The van der Waals surface area contributed by atoms with Crippen LogP contribution >= 0.6 is 22.6 Å². The molecule has 0 aliphatic carbocycles. The van der Waals surface area contributed by atoms with E-state index in [1.807, 2.05) is 22.6 Å². The number of rotatable bonds is 6. The van der Waals surface area contributed by atoms with Crippen molar-refractivity contribution in [2.24, 2.45) is 0 Å². The zero-order chi connectivity index (χ0) is 12.9. The number of hydrogen-bond acceptors (Lipinski definition) is 6. The second-order valence-corrected chi connectivity index (χ2v) is 5.88. The number of hydrogen-bond donors (Lipinski definition) is 2. The van der Waals surface area contributed by atoms with E-state index in [1.165, 1.54) is 18.2 Å². The molecular formula is C9H11IO6S. The lowest BCUT2D eigenvalue weighted by Gasteiger charge is -2.08. The van der Waals surface area contributed by atoms with Crippen LogP contribution in [0.25, 0.3) is 0 Å². The van der Waals surface area contributed by atoms with Crippen molar-refractivity contribution in [3.05, 3.63) is 23.8 Å². The minimum Gasteiger partial charge on any atom is -0.504 e. The quantitative estimate of drug-likeness (QED) is 0.258. The van der Waals surface area contributed by atoms with Crippen molar-refractivity contribution in [2.75, 3.05) is 10.2 Å². The number of alkyl halides is 1. The van der Waals surface area contributed by atoms with Crippen LogP contribution in [0.1, 0.15) is 5.56 Å². The van der Waals surface area contributed by atoms with Gasteiger partial charge in [-0.05, 0) is 17.7 Å². The molecule has 0 heterocycles. The molecule has 0 fully saturated rings. The number of phenolic OH excluding ortho intramolecular Hbond substituents is 1. The van der Waals surface area contributed by atoms with Crippen molar-refractivity contribution >= 4 is 32.7 Å². The Balaban J connectivity index is 2.86. The van der Waals surface area contributed by atoms with Crippen LogP contribution < -0.4 is 4.18 Å². The highest BCUT2D eigenvalue weighted by Crippen LogP contribution is 2.28. The molecule has 6 nitrogen and oxygen atoms in total. The maximum Gasteiger partial charge on any atom is 0.310 e. The molecule has 96 valence electrons. The van der Waals surface area contributed by atoms with Crippen molar-refractivity contribution < 1.29 is 27.9 Å². The van der Waals surface area contributed by atoms with E-state index in [-0.39, 0.29) is 23.9 Å². The third-order valence-electron chi connectivity index (χ3n) is 1.80. The predicted molar refractivity (Wildman–Crippen MR) is 68.8 cm³/mol. The third kappa shape index (κ3) is 4.66. The first-order valence-electron chi connectivity index (χ1n) is 4.55. The van der Waals surface area contributed by atoms with Crippen LogP contribution in [0.2, 0.25) is 0 Å². The fraction of sp³-hybridized carbons (Fsp3) is 0.333. The van der Waals surface area contributed by atoms with Gasteiger partial charge in [0.2, 0.25) is 0 Å². The topological polar surface area (TPSA) is 93.1 Å². The molecule has 0 aliphatic rings. The van der Waals surface area contributed by atoms with Gasteiger partial charge in [0, 0.05) is 4.43 Å². The Morgan fingerprint density at radius 3 is 2.59 bits per heavy atom. The average molecular weight is 374 g/mol. The Hall–Kier alpha value is -0.580. The first kappa shape index (κ1) is 14.5. The summed E-state index contributed by atoms with van der Waals surface area (Å²) < 4.78 is 27.8. The summed E-state index contributed by atoms with van der Waals surface area (Å²) in [5.41, 5.74) is 0.489. The highest BCUT2D eigenvalue weighted by Gasteiger charge is 2.14. The maximum absolute atomic E-state index is 11.4. The highest BCUT2D eigenvalue weighted by molar-refractivity contribution is 14.1. The van der Waals surface area contributed by atoms with E-state index in [0.717, 1.165) is 0 Å². The van der Waals surface area contributed by atoms with Gasteiger partial charge in [-0.2, -0.15) is 8.42 Å². The van der Waals surface area contributed by atoms with Gasteiger partial charge in [0.05, 0.1) is 5.75 Å². The second kappa shape index (κ2) is 6.38. The molecule has 0 aromatic heterocycles. The van der Waals surface area contributed by atoms with E-state index in [1.54, 1.807) is 0 Å². The molecule has 0 radical (unpaired) electrons. The summed E-state index contributed by atoms with van der Waals surface area (Å²) in [7, 11) is -3.68. The summed E-state index contributed by atoms with van der Waals surface area (Å²) in [4.78, 5) is 3.89. The molecule has 2 N–H and O–H groups in total. The van der Waals surface area contributed by atoms with Gasteiger partial charge in [-0.15, -0.1) is 0 Å². The first-order chi connectivity index (χ1) is 7.98. The summed E-state index contributed by atoms with van der Waals surface area (Å²) in [6.45, 7) is -0.103. The number of phenols is 1. The van der Waals surface area contributed by atoms with Crippen LogP contribution in [0.3, 0.4) is 0 Å². The van der Waals surface area contributed by atoms with Gasteiger partial charge in [0.1, 0.15) is 6.61 Å². The minimum atomic E-state index is -3.68. The molecule has 0 amide bonds. The van der Waals surface area contributed by atoms with Crippen LogP contribution in [-0.4, -0.2) is 29.0 Å². The Morgan fingerprint density at radius 2 is 2.06 bits per heavy atom. The van der Waals surface area contributed by atoms with Crippen molar-refractivity contribution in [1.29, 1.82) is 0 Å². The highest BCUT2D eigenvalue weighted by atomic mass is 127. The molecular weight excluding hydrogens is 363 g/mol. The van der Waals surface area contributed by atoms with E-state index >= 15 is 0 Å². The van der Waals surface area contributed by atoms with Crippen LogP contribution in [0.4, 0.5) is 0 Å². The van der Waals surface area contributed by atoms with Gasteiger partial charge in [0.15, 0.2) is 11.5 Å². The fourth-order valence-electron chi connectivity index (χ4n) is 1.07. The third-order valence-corrected chi connectivity index (χ3v) is 4.21. The standard InChI is InChI=1S/C9H11IO6S/c10-3-4-17(13,14)16-9-2-1-7(6-15-12)5-8(9)11/h1-2,5,11-12H,3-4,6H2. The molecule has 0 saturated carbocycles. The molecule has 0 saturated heterocycles. The molecule has 1 aromatic carbocycles. The molecule has 1 rings (SSSR count). The maximum atomic E-state index is 11.4. The number of benzene rings is 1. The molecule has 0 spiro atoms. The lowest BCUT2D eigenvalue weighted by Crippen LogP contribution is -2.14. The zero-order valence-corrected chi connectivity index (χ0v) is 11.6. The van der Waals surface area contributed by atoms with Crippen molar-refractivity contribution in [3.63, 3.8) is 0 Å². The summed E-state index contributed by atoms with van der Waals surface area (Å²) in [5.74, 6) is -0.595. The van der Waals surface area contributed by atoms with Crippen LogP contribution in [-0.2, 0) is 21.6 Å². The van der Waals surface area contributed by atoms with E-state index in [9.17, 15) is 13.5 Å². The Labute approximate surface area is 112 Å². The summed E-state index contributed by atoms with van der Waals surface area (Å²) >= 11 is 1.91. The Kier molecular flexibility index (Phi) is 5.43. The normalized spacial score (nSPS) is 11.4. The minimum absolute atomic E-state index is 0.103. The summed E-state index contributed by atoms with van der Waals surface area (Å²) in [5, 5.41) is 17.7. The summed E-state index contributed by atoms with van der Waals surface area (Å²) in [6, 6.07) is 4.03. The van der Waals surface area contributed by atoms with Gasteiger partial charge in [-0.25, -0.2) is 4.89 Å². The van der Waals surface area contributed by atoms with E-state index in [2.05, 4.69) is 4.89 Å². The van der Waals surface area contributed by atoms with E-state index < -0.39 is 10.1 Å². The SMILES string of the molecule is O=S(=O)(CCI)Oc1ccc(COO)cc1O. The van der Waals surface area contributed by atoms with Crippen molar-refractivity contribution in [3.8, 4) is 11.5 Å². The average Bonchev–Trinajstić information content (AvgIpc) is 2.22. The van der Waals surface area contributed by atoms with E-state index in [0.29, 0.717) is 9.99 Å². The second-order valence-electron chi connectivity index (χ2n) is 3.11. The molecule has 8 heteroatoms. The smallest absolute Gasteiger partial charge is 0.310 e.